The first kappa shape index (κ1) is 19.2. The van der Waals surface area contributed by atoms with Crippen LogP contribution in [0.5, 0.6) is 0 Å². The molecule has 0 amide bonds. The molecular weight excluding hydrogens is 320 g/mol. The highest BCUT2D eigenvalue weighted by molar-refractivity contribution is 6.75. The average Bonchev–Trinajstić information content (AvgIpc) is 2.95. The predicted molar refractivity (Wildman–Crippen MR) is 100 cm³/mol. The van der Waals surface area contributed by atoms with Crippen LogP contribution >= 0.6 is 0 Å². The van der Waals surface area contributed by atoms with E-state index in [1.54, 1.807) is 0 Å². The van der Waals surface area contributed by atoms with Crippen molar-refractivity contribution in [1.29, 1.82) is 0 Å². The molecule has 0 spiro atoms. The Hall–Kier alpha value is -0.136. The monoisotopic (exact) mass is 356 g/mol. The highest BCUT2D eigenvalue weighted by Gasteiger charge is 2.62. The Labute approximate surface area is 144 Å². The molecule has 3 nitrogen and oxygen atoms in total. The molecule has 23 heavy (non-hydrogen) atoms. The normalized spacial score (nSPS) is 34.7. The third-order valence-corrected chi connectivity index (χ3v) is 15.0. The number of carbonyl (C=O) groups is 1. The molecule has 134 valence electrons. The first-order chi connectivity index (χ1) is 10.2. The zero-order chi connectivity index (χ0) is 17.8. The molecule has 2 aliphatic rings. The van der Waals surface area contributed by atoms with Crippen LogP contribution in [0.25, 0.3) is 0 Å². The molecule has 0 saturated heterocycles. The number of carbonyl (C=O) groups excluding carboxylic acids is 1. The second-order valence-electron chi connectivity index (χ2n) is 10.1. The molecule has 0 aromatic rings. The summed E-state index contributed by atoms with van der Waals surface area (Å²) in [5.41, 5.74) is 0.287. The fraction of sp³-hybridized carbons (Fsp3) is 0.944. The lowest BCUT2D eigenvalue weighted by Crippen LogP contribution is -2.50. The molecule has 4 unspecified atom stereocenters. The van der Waals surface area contributed by atoms with Crippen LogP contribution < -0.4 is 0 Å². The number of hydrogen-bond acceptors (Lipinski definition) is 3. The number of rotatable bonds is 4. The summed E-state index contributed by atoms with van der Waals surface area (Å²) in [6, 6.07) is 0. The molecule has 2 rings (SSSR count). The summed E-state index contributed by atoms with van der Waals surface area (Å²) in [6.45, 7) is 17.7. The summed E-state index contributed by atoms with van der Waals surface area (Å²) >= 11 is 0. The second-order valence-corrected chi connectivity index (χ2v) is 19.2. The Kier molecular flexibility index (Phi) is 4.76. The third-order valence-electron chi connectivity index (χ3n) is 7.23. The molecule has 0 heterocycles. The molecule has 2 saturated carbocycles. The minimum atomic E-state index is -2.06. The van der Waals surface area contributed by atoms with Gasteiger partial charge < -0.3 is 8.85 Å². The van der Waals surface area contributed by atoms with Crippen molar-refractivity contribution >= 4 is 22.6 Å². The molecule has 4 atom stereocenters. The van der Waals surface area contributed by atoms with E-state index >= 15 is 0 Å². The van der Waals surface area contributed by atoms with Gasteiger partial charge in [-0.3, -0.25) is 4.79 Å². The van der Waals surface area contributed by atoms with Crippen LogP contribution in [-0.4, -0.2) is 29.7 Å². The Morgan fingerprint density at radius 2 is 1.70 bits per heavy atom. The zero-order valence-corrected chi connectivity index (χ0v) is 18.6. The lowest BCUT2D eigenvalue weighted by Gasteiger charge is -2.44. The van der Waals surface area contributed by atoms with E-state index in [0.29, 0.717) is 17.4 Å². The summed E-state index contributed by atoms with van der Waals surface area (Å²) < 4.78 is 12.1. The van der Waals surface area contributed by atoms with Gasteiger partial charge >= 0.3 is 0 Å². The first-order valence-electron chi connectivity index (χ1n) is 9.03. The van der Waals surface area contributed by atoms with E-state index in [-0.39, 0.29) is 16.4 Å². The van der Waals surface area contributed by atoms with Crippen molar-refractivity contribution in [2.75, 3.05) is 7.11 Å². The zero-order valence-electron chi connectivity index (χ0n) is 16.6. The quantitative estimate of drug-likeness (QED) is 0.650. The summed E-state index contributed by atoms with van der Waals surface area (Å²) in [5.74, 6) is 1.21. The fourth-order valence-electron chi connectivity index (χ4n) is 4.42. The van der Waals surface area contributed by atoms with Gasteiger partial charge in [0, 0.05) is 7.11 Å². The maximum Gasteiger partial charge on any atom is 0.298 e. The molecule has 0 aliphatic heterocycles. The van der Waals surface area contributed by atoms with Gasteiger partial charge in [0.25, 0.3) is 14.3 Å². The van der Waals surface area contributed by atoms with E-state index < -0.39 is 16.6 Å². The smallest absolute Gasteiger partial charge is 0.298 e. The van der Waals surface area contributed by atoms with E-state index in [1.807, 2.05) is 7.11 Å². The van der Waals surface area contributed by atoms with Crippen molar-refractivity contribution in [2.45, 2.75) is 83.7 Å². The molecule has 2 bridgehead atoms. The lowest BCUT2D eigenvalue weighted by atomic mass is 9.74. The maximum absolute atomic E-state index is 13.2. The van der Waals surface area contributed by atoms with Crippen LogP contribution in [0.4, 0.5) is 0 Å². The van der Waals surface area contributed by atoms with Gasteiger partial charge in [0.05, 0.1) is 5.41 Å². The van der Waals surface area contributed by atoms with Gasteiger partial charge in [0.1, 0.15) is 0 Å². The largest absolute Gasteiger partial charge is 0.519 e. The molecule has 5 heteroatoms. The van der Waals surface area contributed by atoms with Gasteiger partial charge in [-0.2, -0.15) is 0 Å². The van der Waals surface area contributed by atoms with Crippen molar-refractivity contribution in [2.24, 2.45) is 17.3 Å². The Morgan fingerprint density at radius 1 is 1.13 bits per heavy atom. The van der Waals surface area contributed by atoms with Crippen LogP contribution in [0, 0.1) is 17.3 Å². The van der Waals surface area contributed by atoms with Crippen LogP contribution in [0.3, 0.4) is 0 Å². The van der Waals surface area contributed by atoms with Gasteiger partial charge in [-0.05, 0) is 74.8 Å². The summed E-state index contributed by atoms with van der Waals surface area (Å²) in [7, 11) is -1.93. The van der Waals surface area contributed by atoms with Gasteiger partial charge in [0.2, 0.25) is 0 Å². The highest BCUT2D eigenvalue weighted by atomic mass is 28.4. The van der Waals surface area contributed by atoms with Crippen LogP contribution in [-0.2, 0) is 13.6 Å². The average molecular weight is 357 g/mol. The van der Waals surface area contributed by atoms with Crippen molar-refractivity contribution in [1.82, 2.24) is 0 Å². The lowest BCUT2D eigenvalue weighted by molar-refractivity contribution is -0.149. The second kappa shape index (κ2) is 5.70. The predicted octanol–water partition coefficient (Wildman–Crippen LogP) is 5.19. The molecule has 0 radical (unpaired) electrons. The van der Waals surface area contributed by atoms with Crippen molar-refractivity contribution in [3.8, 4) is 0 Å². The van der Waals surface area contributed by atoms with E-state index in [0.717, 1.165) is 6.42 Å². The molecule has 2 aliphatic carbocycles. The van der Waals surface area contributed by atoms with Gasteiger partial charge in [-0.15, -0.1) is 0 Å². The summed E-state index contributed by atoms with van der Waals surface area (Å²) in [4.78, 5) is 13.2. The van der Waals surface area contributed by atoms with Crippen molar-refractivity contribution < 1.29 is 13.6 Å². The van der Waals surface area contributed by atoms with Crippen LogP contribution in [0.2, 0.25) is 36.8 Å². The molecule has 0 aromatic carbocycles. The maximum atomic E-state index is 13.2. The number of fused-ring (bicyclic) bond motifs is 2. The molecular formula is C18H36O3Si2. The summed E-state index contributed by atoms with van der Waals surface area (Å²) in [6.07, 6.45) is 3.45. The van der Waals surface area contributed by atoms with Crippen molar-refractivity contribution in [3.05, 3.63) is 0 Å². The highest BCUT2D eigenvalue weighted by Crippen LogP contribution is 2.64. The standard InChI is InChI=1S/C18H36O3Si2/c1-17(2,3)23(8,9)21-16(19)18(4)12-13-10-14(18)15(11-13)22(6,7)20-5/h13-15H,10-12H2,1-9H3. The fourth-order valence-corrected chi connectivity index (χ4v) is 8.10. The van der Waals surface area contributed by atoms with E-state index in [1.165, 1.54) is 12.8 Å². The van der Waals surface area contributed by atoms with E-state index in [2.05, 4.69) is 53.9 Å². The molecule has 2 fully saturated rings. The van der Waals surface area contributed by atoms with Crippen molar-refractivity contribution in [3.63, 3.8) is 0 Å². The third kappa shape index (κ3) is 3.21. The minimum absolute atomic E-state index is 0.0661. The van der Waals surface area contributed by atoms with Gasteiger partial charge in [-0.1, -0.05) is 20.8 Å². The molecule has 0 aromatic heterocycles. The topological polar surface area (TPSA) is 35.5 Å². The Morgan fingerprint density at radius 3 is 2.13 bits per heavy atom. The van der Waals surface area contributed by atoms with Crippen LogP contribution in [0.15, 0.2) is 0 Å². The van der Waals surface area contributed by atoms with Gasteiger partial charge in [0.15, 0.2) is 8.32 Å². The number of hydrogen-bond donors (Lipinski definition) is 0. The Balaban J connectivity index is 2.21. The van der Waals surface area contributed by atoms with E-state index in [9.17, 15) is 4.79 Å². The molecule has 0 N–H and O–H groups in total. The van der Waals surface area contributed by atoms with E-state index in [4.69, 9.17) is 8.85 Å². The SMILES string of the molecule is CO[Si](C)(C)C1CC2CC1C(C)(C(=O)O[Si](C)(C)C(C)(C)C)C2. The Bertz CT molecular complexity index is 481. The summed E-state index contributed by atoms with van der Waals surface area (Å²) in [5, 5.41) is 0.0661. The minimum Gasteiger partial charge on any atom is -0.519 e. The van der Waals surface area contributed by atoms with Crippen LogP contribution in [0.1, 0.15) is 47.0 Å². The first-order valence-corrected chi connectivity index (χ1v) is 14.9. The van der Waals surface area contributed by atoms with Gasteiger partial charge in [-0.25, -0.2) is 0 Å².